The lowest BCUT2D eigenvalue weighted by Gasteiger charge is -2.38. The summed E-state index contributed by atoms with van der Waals surface area (Å²) in [4.78, 5) is 11.1. The molecule has 1 aromatic carbocycles. The summed E-state index contributed by atoms with van der Waals surface area (Å²) in [5.41, 5.74) is 0. The minimum absolute atomic E-state index is 0.342. The van der Waals surface area contributed by atoms with Crippen LogP contribution in [0.25, 0.3) is 0 Å². The second-order valence-corrected chi connectivity index (χ2v) is 11.4. The Kier molecular flexibility index (Phi) is 6.69. The van der Waals surface area contributed by atoms with Crippen LogP contribution < -0.4 is 5.19 Å². The van der Waals surface area contributed by atoms with Crippen LogP contribution in [0.15, 0.2) is 30.3 Å². The molecule has 2 heteroatoms. The molecule has 0 radical (unpaired) electrons. The van der Waals surface area contributed by atoms with Crippen LogP contribution in [0.1, 0.15) is 51.9 Å². The van der Waals surface area contributed by atoms with Gasteiger partial charge >= 0.3 is 0 Å². The van der Waals surface area contributed by atoms with Crippen molar-refractivity contribution >= 4 is 19.5 Å². The number of carbonyl (C=O) groups excluding carboxylic acids is 1. The van der Waals surface area contributed by atoms with Gasteiger partial charge < -0.3 is 4.79 Å². The maximum atomic E-state index is 11.1. The molecular weight excluding hydrogens is 272 g/mol. The van der Waals surface area contributed by atoms with Crippen LogP contribution in [0.2, 0.25) is 18.1 Å². The van der Waals surface area contributed by atoms with E-state index in [0.29, 0.717) is 5.92 Å². The fourth-order valence-corrected chi connectivity index (χ4v) is 9.16. The van der Waals surface area contributed by atoms with Crippen LogP contribution in [0.3, 0.4) is 0 Å². The fraction of sp³-hybridized carbons (Fsp3) is 0.632. The molecule has 21 heavy (non-hydrogen) atoms. The monoisotopic (exact) mass is 302 g/mol. The summed E-state index contributed by atoms with van der Waals surface area (Å²) < 4.78 is 0. The largest absolute Gasteiger partial charge is 0.303 e. The molecule has 1 aliphatic rings. The van der Waals surface area contributed by atoms with E-state index >= 15 is 0 Å². The third kappa shape index (κ3) is 4.54. The molecule has 0 N–H and O–H groups in total. The molecule has 116 valence electrons. The van der Waals surface area contributed by atoms with Crippen molar-refractivity contribution < 1.29 is 4.79 Å². The summed E-state index contributed by atoms with van der Waals surface area (Å²) in [6.45, 7) is 2.28. The molecule has 1 heterocycles. The van der Waals surface area contributed by atoms with Gasteiger partial charge in [0.2, 0.25) is 0 Å². The number of carbonyl (C=O) groups is 1. The first-order valence-corrected chi connectivity index (χ1v) is 11.4. The highest BCUT2D eigenvalue weighted by molar-refractivity contribution is 6.92. The average molecular weight is 303 g/mol. The average Bonchev–Trinajstić information content (AvgIpc) is 2.56. The van der Waals surface area contributed by atoms with E-state index in [4.69, 9.17) is 0 Å². The number of rotatable bonds is 8. The molecule has 0 aromatic heterocycles. The minimum Gasteiger partial charge on any atom is -0.303 e. The van der Waals surface area contributed by atoms with Crippen LogP contribution >= 0.6 is 0 Å². The van der Waals surface area contributed by atoms with Crippen LogP contribution in [0.4, 0.5) is 0 Å². The van der Waals surface area contributed by atoms with E-state index in [2.05, 4.69) is 37.3 Å². The maximum absolute atomic E-state index is 11.1. The SMILES string of the molecule is CCCCCCC[Si]1(c2ccccc2)CCC(C=O)CC1. The van der Waals surface area contributed by atoms with E-state index in [-0.39, 0.29) is 0 Å². The zero-order chi connectivity index (χ0) is 15.0. The number of aldehydes is 1. The Morgan fingerprint density at radius 1 is 1.05 bits per heavy atom. The van der Waals surface area contributed by atoms with Gasteiger partial charge in [0.25, 0.3) is 0 Å². The van der Waals surface area contributed by atoms with E-state index < -0.39 is 8.07 Å². The molecule has 1 aliphatic heterocycles. The van der Waals surface area contributed by atoms with Crippen molar-refractivity contribution in [1.29, 1.82) is 0 Å². The van der Waals surface area contributed by atoms with Gasteiger partial charge in [0.1, 0.15) is 6.29 Å². The Morgan fingerprint density at radius 2 is 1.71 bits per heavy atom. The Hall–Kier alpha value is -0.893. The lowest BCUT2D eigenvalue weighted by Crippen LogP contribution is -2.50. The summed E-state index contributed by atoms with van der Waals surface area (Å²) in [5, 5.41) is 1.64. The maximum Gasteiger partial charge on any atom is 0.123 e. The third-order valence-electron chi connectivity index (χ3n) is 5.32. The van der Waals surface area contributed by atoms with Crippen LogP contribution in [-0.4, -0.2) is 14.4 Å². The topological polar surface area (TPSA) is 17.1 Å². The van der Waals surface area contributed by atoms with Crippen LogP contribution in [-0.2, 0) is 4.79 Å². The normalized spacial score (nSPS) is 25.7. The molecule has 1 aromatic rings. The molecule has 0 spiro atoms. The minimum atomic E-state index is -1.34. The summed E-state index contributed by atoms with van der Waals surface area (Å²) in [6.07, 6.45) is 10.4. The Morgan fingerprint density at radius 3 is 2.33 bits per heavy atom. The Labute approximate surface area is 131 Å². The lowest BCUT2D eigenvalue weighted by molar-refractivity contribution is -0.111. The van der Waals surface area contributed by atoms with Crippen molar-refractivity contribution in [2.45, 2.75) is 70.0 Å². The van der Waals surface area contributed by atoms with Gasteiger partial charge in [0.15, 0.2) is 0 Å². The number of unbranched alkanes of at least 4 members (excludes halogenated alkanes) is 4. The molecule has 1 saturated heterocycles. The molecule has 1 fully saturated rings. The molecule has 2 rings (SSSR count). The second kappa shape index (κ2) is 8.53. The van der Waals surface area contributed by atoms with Crippen molar-refractivity contribution in [3.8, 4) is 0 Å². The predicted octanol–water partition coefficient (Wildman–Crippen LogP) is 4.92. The van der Waals surface area contributed by atoms with Gasteiger partial charge in [-0.25, -0.2) is 0 Å². The Bertz CT molecular complexity index is 407. The van der Waals surface area contributed by atoms with E-state index in [1.165, 1.54) is 56.5 Å². The van der Waals surface area contributed by atoms with Gasteiger partial charge in [-0.2, -0.15) is 0 Å². The first kappa shape index (κ1) is 16.5. The molecule has 0 atom stereocenters. The lowest BCUT2D eigenvalue weighted by atomic mass is 10.1. The van der Waals surface area contributed by atoms with Crippen molar-refractivity contribution in [3.63, 3.8) is 0 Å². The standard InChI is InChI=1S/C19H30OSi/c1-2-3-4-5-9-14-21(19-10-7-6-8-11-19)15-12-18(17-20)13-16-21/h6-8,10-11,17-18H,2-5,9,12-16H2,1H3. The molecule has 1 nitrogen and oxygen atoms in total. The summed E-state index contributed by atoms with van der Waals surface area (Å²) in [7, 11) is -1.34. The summed E-state index contributed by atoms with van der Waals surface area (Å²) in [5.74, 6) is 0.342. The highest BCUT2D eigenvalue weighted by Gasteiger charge is 2.38. The van der Waals surface area contributed by atoms with E-state index in [9.17, 15) is 4.79 Å². The van der Waals surface area contributed by atoms with Gasteiger partial charge in [-0.15, -0.1) is 0 Å². The van der Waals surface area contributed by atoms with Crippen molar-refractivity contribution in [3.05, 3.63) is 30.3 Å². The third-order valence-corrected chi connectivity index (χ3v) is 10.7. The smallest absolute Gasteiger partial charge is 0.123 e. The van der Waals surface area contributed by atoms with Gasteiger partial charge in [-0.1, -0.05) is 92.7 Å². The molecule has 0 amide bonds. The van der Waals surface area contributed by atoms with Crippen LogP contribution in [0.5, 0.6) is 0 Å². The first-order valence-electron chi connectivity index (χ1n) is 8.81. The molecule has 0 aliphatic carbocycles. The zero-order valence-corrected chi connectivity index (χ0v) is 14.5. The Balaban J connectivity index is 1.99. The van der Waals surface area contributed by atoms with Crippen molar-refractivity contribution in [2.24, 2.45) is 5.92 Å². The zero-order valence-electron chi connectivity index (χ0n) is 13.5. The van der Waals surface area contributed by atoms with Crippen molar-refractivity contribution in [2.75, 3.05) is 0 Å². The summed E-state index contributed by atoms with van der Waals surface area (Å²) >= 11 is 0. The van der Waals surface area contributed by atoms with Gasteiger partial charge in [-0.05, 0) is 12.8 Å². The highest BCUT2D eigenvalue weighted by Crippen LogP contribution is 2.35. The van der Waals surface area contributed by atoms with Gasteiger partial charge in [-0.3, -0.25) is 0 Å². The van der Waals surface area contributed by atoms with Gasteiger partial charge in [0, 0.05) is 5.92 Å². The number of benzene rings is 1. The quantitative estimate of drug-likeness (QED) is 0.378. The first-order chi connectivity index (χ1) is 10.3. The van der Waals surface area contributed by atoms with Crippen molar-refractivity contribution in [1.82, 2.24) is 0 Å². The van der Waals surface area contributed by atoms with Gasteiger partial charge in [0.05, 0.1) is 8.07 Å². The molecule has 0 unspecified atom stereocenters. The van der Waals surface area contributed by atoms with E-state index in [1.54, 1.807) is 5.19 Å². The molecular formula is C19H30OSi. The molecule has 0 bridgehead atoms. The molecule has 0 saturated carbocycles. The van der Waals surface area contributed by atoms with E-state index in [0.717, 1.165) is 12.8 Å². The fourth-order valence-electron chi connectivity index (χ4n) is 3.87. The number of hydrogen-bond donors (Lipinski definition) is 0. The highest BCUT2D eigenvalue weighted by atomic mass is 28.3. The van der Waals surface area contributed by atoms with Crippen LogP contribution in [0, 0.1) is 5.92 Å². The van der Waals surface area contributed by atoms with E-state index in [1.807, 2.05) is 0 Å². The number of hydrogen-bond acceptors (Lipinski definition) is 1. The predicted molar refractivity (Wildman–Crippen MR) is 93.8 cm³/mol. The second-order valence-electron chi connectivity index (χ2n) is 6.78. The summed E-state index contributed by atoms with van der Waals surface area (Å²) in [6, 6.07) is 15.3.